The van der Waals surface area contributed by atoms with Gasteiger partial charge in [0.05, 0.1) is 0 Å². The van der Waals surface area contributed by atoms with E-state index >= 15 is 0 Å². The highest BCUT2D eigenvalue weighted by molar-refractivity contribution is 4.64. The second-order valence-corrected chi connectivity index (χ2v) is 2.64. The van der Waals surface area contributed by atoms with Crippen molar-refractivity contribution >= 4 is 0 Å². The summed E-state index contributed by atoms with van der Waals surface area (Å²) in [7, 11) is 3.75. The minimum atomic E-state index is 1.19. The van der Waals surface area contributed by atoms with Gasteiger partial charge in [-0.2, -0.15) is 0 Å². The van der Waals surface area contributed by atoms with E-state index in [0.717, 1.165) is 0 Å². The Kier molecular flexibility index (Phi) is 19.8. The van der Waals surface area contributed by atoms with Crippen LogP contribution in [0.1, 0.15) is 39.0 Å². The van der Waals surface area contributed by atoms with Crippen LogP contribution in [0.4, 0.5) is 0 Å². The highest BCUT2D eigenvalue weighted by Crippen LogP contribution is 2.01. The van der Waals surface area contributed by atoms with Gasteiger partial charge in [0.25, 0.3) is 0 Å². The average Bonchev–Trinajstić information content (AvgIpc) is 2.00. The molecule has 0 amide bonds. The van der Waals surface area contributed by atoms with Crippen molar-refractivity contribution < 1.29 is 0 Å². The molecular formula is C10H23N. The molecule has 0 radical (unpaired) electrons. The molecule has 1 nitrogen and oxygen atoms in total. The highest BCUT2D eigenvalue weighted by Gasteiger charge is 1.81. The van der Waals surface area contributed by atoms with Gasteiger partial charge in [0.2, 0.25) is 0 Å². The van der Waals surface area contributed by atoms with Gasteiger partial charge in [0, 0.05) is 0 Å². The SMILES string of the molecule is C=CCCCCCC.CNC. The smallest absolute Gasteiger partial charge is 0.0167 e. The molecule has 1 N–H and O–H groups in total. The maximum Gasteiger partial charge on any atom is -0.0167 e. The number of hydrogen-bond acceptors (Lipinski definition) is 1. The van der Waals surface area contributed by atoms with E-state index in [4.69, 9.17) is 0 Å². The largest absolute Gasteiger partial charge is 0.323 e. The van der Waals surface area contributed by atoms with Crippen molar-refractivity contribution in [2.24, 2.45) is 0 Å². The summed E-state index contributed by atoms with van der Waals surface area (Å²) in [5.41, 5.74) is 0. The van der Waals surface area contributed by atoms with Crippen molar-refractivity contribution in [2.45, 2.75) is 39.0 Å². The molecule has 68 valence electrons. The number of nitrogens with one attached hydrogen (secondary N) is 1. The Balaban J connectivity index is 0. The summed E-state index contributed by atoms with van der Waals surface area (Å²) < 4.78 is 0. The summed E-state index contributed by atoms with van der Waals surface area (Å²) in [6.07, 6.45) is 8.61. The fourth-order valence-electron chi connectivity index (χ4n) is 0.715. The Morgan fingerprint density at radius 1 is 1.18 bits per heavy atom. The van der Waals surface area contributed by atoms with E-state index in [0.29, 0.717) is 0 Å². The lowest BCUT2D eigenvalue weighted by atomic mass is 10.2. The zero-order valence-corrected chi connectivity index (χ0v) is 8.32. The standard InChI is InChI=1S/C8H16.C2H7N/c1-3-5-7-8-6-4-2;1-3-2/h3H,1,4-8H2,2H3;3H,1-2H3. The molecule has 0 saturated heterocycles. The lowest BCUT2D eigenvalue weighted by molar-refractivity contribution is 0.675. The molecule has 0 atom stereocenters. The van der Waals surface area contributed by atoms with Crippen molar-refractivity contribution in [2.75, 3.05) is 14.1 Å². The van der Waals surface area contributed by atoms with Crippen LogP contribution in [0.25, 0.3) is 0 Å². The normalized spacial score (nSPS) is 8.27. The lowest BCUT2D eigenvalue weighted by Crippen LogP contribution is -1.89. The van der Waals surface area contributed by atoms with Gasteiger partial charge < -0.3 is 5.32 Å². The summed E-state index contributed by atoms with van der Waals surface area (Å²) in [4.78, 5) is 0. The van der Waals surface area contributed by atoms with Gasteiger partial charge in [-0.05, 0) is 26.9 Å². The minimum Gasteiger partial charge on any atom is -0.323 e. The van der Waals surface area contributed by atoms with Crippen molar-refractivity contribution in [1.82, 2.24) is 5.32 Å². The molecule has 0 unspecified atom stereocenters. The summed E-state index contributed by atoms with van der Waals surface area (Å²) in [5, 5.41) is 2.75. The second kappa shape index (κ2) is 16.4. The molecule has 0 aliphatic rings. The molecule has 0 fully saturated rings. The second-order valence-electron chi connectivity index (χ2n) is 2.64. The van der Waals surface area contributed by atoms with E-state index < -0.39 is 0 Å². The van der Waals surface area contributed by atoms with Gasteiger partial charge in [-0.1, -0.05) is 32.3 Å². The van der Waals surface area contributed by atoms with Crippen LogP contribution >= 0.6 is 0 Å². The third-order valence-electron chi connectivity index (χ3n) is 1.26. The van der Waals surface area contributed by atoms with Crippen molar-refractivity contribution in [1.29, 1.82) is 0 Å². The Bertz CT molecular complexity index is 59.9. The monoisotopic (exact) mass is 157 g/mol. The third-order valence-corrected chi connectivity index (χ3v) is 1.26. The van der Waals surface area contributed by atoms with Gasteiger partial charge >= 0.3 is 0 Å². The molecule has 0 heterocycles. The van der Waals surface area contributed by atoms with Gasteiger partial charge in [0.1, 0.15) is 0 Å². The van der Waals surface area contributed by atoms with Crippen molar-refractivity contribution in [3.8, 4) is 0 Å². The highest BCUT2D eigenvalue weighted by atomic mass is 14.7. The maximum atomic E-state index is 3.66. The Morgan fingerprint density at radius 2 is 1.73 bits per heavy atom. The van der Waals surface area contributed by atoms with E-state index in [1.807, 2.05) is 20.2 Å². The molecule has 1 heteroatoms. The van der Waals surface area contributed by atoms with Gasteiger partial charge in [0.15, 0.2) is 0 Å². The third kappa shape index (κ3) is 26.0. The number of hydrogen-bond donors (Lipinski definition) is 1. The van der Waals surface area contributed by atoms with Crippen LogP contribution in [0, 0.1) is 0 Å². The number of allylic oxidation sites excluding steroid dienone is 1. The predicted octanol–water partition coefficient (Wildman–Crippen LogP) is 2.98. The van der Waals surface area contributed by atoms with Gasteiger partial charge in [-0.15, -0.1) is 6.58 Å². The topological polar surface area (TPSA) is 12.0 Å². The van der Waals surface area contributed by atoms with Crippen LogP contribution < -0.4 is 5.32 Å². The van der Waals surface area contributed by atoms with E-state index in [9.17, 15) is 0 Å². The molecule has 0 aromatic carbocycles. The van der Waals surface area contributed by atoms with Gasteiger partial charge in [-0.3, -0.25) is 0 Å². The predicted molar refractivity (Wildman–Crippen MR) is 53.9 cm³/mol. The van der Waals surface area contributed by atoms with E-state index in [1.54, 1.807) is 0 Å². The maximum absolute atomic E-state index is 3.66. The molecule has 0 saturated carbocycles. The first kappa shape index (κ1) is 13.3. The zero-order valence-electron chi connectivity index (χ0n) is 8.32. The Morgan fingerprint density at radius 3 is 2.09 bits per heavy atom. The van der Waals surface area contributed by atoms with Crippen LogP contribution in [0.15, 0.2) is 12.7 Å². The first-order valence-corrected chi connectivity index (χ1v) is 4.52. The molecule has 0 aliphatic heterocycles. The summed E-state index contributed by atoms with van der Waals surface area (Å²) in [6, 6.07) is 0. The summed E-state index contributed by atoms with van der Waals surface area (Å²) >= 11 is 0. The summed E-state index contributed by atoms with van der Waals surface area (Å²) in [6.45, 7) is 5.89. The fraction of sp³-hybridized carbons (Fsp3) is 0.800. The zero-order chi connectivity index (χ0) is 8.95. The molecular weight excluding hydrogens is 134 g/mol. The molecule has 0 aromatic rings. The molecule has 0 rings (SSSR count). The quantitative estimate of drug-likeness (QED) is 0.478. The number of rotatable bonds is 5. The molecule has 0 aliphatic carbocycles. The van der Waals surface area contributed by atoms with Crippen LogP contribution in [0.3, 0.4) is 0 Å². The molecule has 0 spiro atoms. The first-order valence-electron chi connectivity index (χ1n) is 4.52. The average molecular weight is 157 g/mol. The summed E-state index contributed by atoms with van der Waals surface area (Å²) in [5.74, 6) is 0. The van der Waals surface area contributed by atoms with Crippen LogP contribution in [-0.2, 0) is 0 Å². The van der Waals surface area contributed by atoms with Crippen LogP contribution in [0.2, 0.25) is 0 Å². The van der Waals surface area contributed by atoms with Crippen molar-refractivity contribution in [3.05, 3.63) is 12.7 Å². The van der Waals surface area contributed by atoms with Gasteiger partial charge in [-0.25, -0.2) is 0 Å². The molecule has 11 heavy (non-hydrogen) atoms. The van der Waals surface area contributed by atoms with E-state index in [1.165, 1.54) is 32.1 Å². The Labute approximate surface area is 71.9 Å². The van der Waals surface area contributed by atoms with Crippen LogP contribution in [0.5, 0.6) is 0 Å². The Hall–Kier alpha value is -0.300. The molecule has 0 aromatic heterocycles. The minimum absolute atomic E-state index is 1.19. The van der Waals surface area contributed by atoms with E-state index in [-0.39, 0.29) is 0 Å². The lowest BCUT2D eigenvalue weighted by Gasteiger charge is -1.91. The van der Waals surface area contributed by atoms with E-state index in [2.05, 4.69) is 18.8 Å². The fourth-order valence-corrected chi connectivity index (χ4v) is 0.715. The number of unbranched alkanes of at least 4 members (excludes halogenated alkanes) is 4. The van der Waals surface area contributed by atoms with Crippen LogP contribution in [-0.4, -0.2) is 14.1 Å². The molecule has 0 bridgehead atoms. The first-order chi connectivity index (χ1) is 5.33. The van der Waals surface area contributed by atoms with Crippen molar-refractivity contribution in [3.63, 3.8) is 0 Å².